The molecule has 7 N–H and O–H groups in total. The molecule has 182 valence electrons. The maximum absolute atomic E-state index is 10.6. The second-order valence-corrected chi connectivity index (χ2v) is 7.69. The lowest BCUT2D eigenvalue weighted by molar-refractivity contribution is -0.307. The van der Waals surface area contributed by atoms with Crippen LogP contribution in [-0.4, -0.2) is 116 Å². The summed E-state index contributed by atoms with van der Waals surface area (Å²) in [5.74, 6) is 0.271. The lowest BCUT2D eigenvalue weighted by Gasteiger charge is -2.41. The molecule has 0 aliphatic carbocycles. The quantitative estimate of drug-likeness (QED) is 0.193. The number of nitrogens with zero attached hydrogens (tertiary/aromatic N) is 1. The molecule has 2 fully saturated rings. The average Bonchev–Trinajstić information content (AvgIpc) is 2.77. The first kappa shape index (κ1) is 25.2. The molecular weight excluding hydrogens is 434 g/mol. The fraction of sp³-hybridized carbons (Fsp3) is 0.684. The van der Waals surface area contributed by atoms with Gasteiger partial charge in [-0.25, -0.2) is 0 Å². The summed E-state index contributed by atoms with van der Waals surface area (Å²) in [5, 5.41) is 78.8. The third-order valence-electron chi connectivity index (χ3n) is 5.31. The minimum Gasteiger partial charge on any atom is -0.762 e. The highest BCUT2D eigenvalue weighted by atomic mass is 16.8. The Hall–Kier alpha value is -1.46. The first-order valence-corrected chi connectivity index (χ1v) is 10.0. The molecule has 0 aromatic heterocycles. The normalized spacial score (nSPS) is 38.1. The summed E-state index contributed by atoms with van der Waals surface area (Å²) in [6, 6.07) is 6.36. The van der Waals surface area contributed by atoms with E-state index in [1.54, 1.807) is 24.3 Å². The van der Waals surface area contributed by atoms with Gasteiger partial charge in [0.25, 0.3) is 0 Å². The van der Waals surface area contributed by atoms with Gasteiger partial charge in [-0.05, 0) is 24.1 Å². The van der Waals surface area contributed by atoms with Crippen molar-refractivity contribution in [2.24, 2.45) is 0 Å². The highest BCUT2D eigenvalue weighted by Gasteiger charge is 2.46. The van der Waals surface area contributed by atoms with Gasteiger partial charge in [0.2, 0.25) is 6.29 Å². The van der Waals surface area contributed by atoms with Crippen molar-refractivity contribution in [3.63, 3.8) is 0 Å². The minimum absolute atomic E-state index is 0.105. The zero-order valence-electron chi connectivity index (χ0n) is 17.0. The van der Waals surface area contributed by atoms with Gasteiger partial charge in [-0.15, -0.1) is 0 Å². The van der Waals surface area contributed by atoms with Crippen LogP contribution in [0.15, 0.2) is 24.3 Å². The standard InChI is InChI=1S/C19H28NO12/c21-11-7-29-18(16(25)13(11)22)30-8-12-14(23)15(24)17(26)19(32-12)31-10-3-1-9(2-4-10)5-6-20(27)28/h1-4,11-19,21-27H,5-8H2/q-1/t11-,12-,13+,14-,15+,16-,17-,18-,19+/m1/s1. The largest absolute Gasteiger partial charge is 0.762 e. The Balaban J connectivity index is 1.57. The third kappa shape index (κ3) is 6.11. The van der Waals surface area contributed by atoms with Crippen molar-refractivity contribution in [1.29, 1.82) is 0 Å². The van der Waals surface area contributed by atoms with Gasteiger partial charge in [-0.3, -0.25) is 5.23 Å². The van der Waals surface area contributed by atoms with Crippen LogP contribution < -0.4 is 4.74 Å². The smallest absolute Gasteiger partial charge is 0.229 e. The van der Waals surface area contributed by atoms with Gasteiger partial charge in [0.1, 0.15) is 48.5 Å². The summed E-state index contributed by atoms with van der Waals surface area (Å²) < 4.78 is 21.6. The maximum atomic E-state index is 10.6. The molecule has 2 heterocycles. The first-order chi connectivity index (χ1) is 15.2. The number of benzene rings is 1. The Morgan fingerprint density at radius 3 is 2.22 bits per heavy atom. The lowest BCUT2D eigenvalue weighted by Crippen LogP contribution is -2.61. The number of hydroxylamine groups is 2. The van der Waals surface area contributed by atoms with Crippen LogP contribution in [0.3, 0.4) is 0 Å². The fourth-order valence-corrected chi connectivity index (χ4v) is 3.36. The van der Waals surface area contributed by atoms with Crippen LogP contribution >= 0.6 is 0 Å². The summed E-state index contributed by atoms with van der Waals surface area (Å²) in [4.78, 5) is 0. The number of ether oxygens (including phenoxy) is 4. The molecular formula is C19H28NO12-. The van der Waals surface area contributed by atoms with Gasteiger partial charge in [-0.1, -0.05) is 12.1 Å². The maximum Gasteiger partial charge on any atom is 0.229 e. The molecule has 2 aliphatic heterocycles. The van der Waals surface area contributed by atoms with Crippen LogP contribution in [0.25, 0.3) is 0 Å². The number of hydrogen-bond acceptors (Lipinski definition) is 13. The van der Waals surface area contributed by atoms with Crippen LogP contribution in [0.2, 0.25) is 0 Å². The first-order valence-electron chi connectivity index (χ1n) is 10.0. The molecule has 0 saturated carbocycles. The molecule has 13 heteroatoms. The van der Waals surface area contributed by atoms with E-state index in [4.69, 9.17) is 24.2 Å². The van der Waals surface area contributed by atoms with E-state index in [1.807, 2.05) is 0 Å². The monoisotopic (exact) mass is 462 g/mol. The zero-order chi connectivity index (χ0) is 23.4. The summed E-state index contributed by atoms with van der Waals surface area (Å²) in [5.41, 5.74) is 0.748. The molecule has 1 aromatic carbocycles. The van der Waals surface area contributed by atoms with Crippen LogP contribution in [0, 0.1) is 5.21 Å². The highest BCUT2D eigenvalue weighted by molar-refractivity contribution is 5.27. The van der Waals surface area contributed by atoms with Gasteiger partial charge in [-0.2, -0.15) is 0 Å². The van der Waals surface area contributed by atoms with Crippen molar-refractivity contribution in [2.45, 2.75) is 61.7 Å². The summed E-state index contributed by atoms with van der Waals surface area (Å²) in [6.45, 7) is -0.766. The van der Waals surface area contributed by atoms with E-state index < -0.39 is 55.3 Å². The summed E-state index contributed by atoms with van der Waals surface area (Å²) >= 11 is 0. The van der Waals surface area contributed by atoms with Crippen molar-refractivity contribution in [1.82, 2.24) is 5.23 Å². The molecule has 0 radical (unpaired) electrons. The lowest BCUT2D eigenvalue weighted by atomic mass is 9.99. The predicted molar refractivity (Wildman–Crippen MR) is 103 cm³/mol. The second kappa shape index (κ2) is 11.1. The van der Waals surface area contributed by atoms with E-state index >= 15 is 0 Å². The van der Waals surface area contributed by atoms with Crippen molar-refractivity contribution < 1.29 is 54.8 Å². The third-order valence-corrected chi connectivity index (χ3v) is 5.31. The number of aliphatic hydroxyl groups excluding tert-OH is 6. The van der Waals surface area contributed by atoms with Gasteiger partial charge >= 0.3 is 0 Å². The van der Waals surface area contributed by atoms with E-state index in [2.05, 4.69) is 0 Å². The number of aliphatic hydroxyl groups is 6. The molecule has 0 spiro atoms. The van der Waals surface area contributed by atoms with Crippen LogP contribution in [0.4, 0.5) is 0 Å². The van der Waals surface area contributed by atoms with Crippen molar-refractivity contribution >= 4 is 0 Å². The molecule has 0 amide bonds. The fourth-order valence-electron chi connectivity index (χ4n) is 3.36. The van der Waals surface area contributed by atoms with Crippen LogP contribution in [0.5, 0.6) is 5.75 Å². The Morgan fingerprint density at radius 1 is 0.906 bits per heavy atom. The SMILES string of the molecule is [O-]N(O)CCc1ccc(O[C@H]2O[C@H](CO[C@H]3OC[C@@H](O)[C@H](O)[C@H]3O)[C@@H](O)[C@H](O)[C@H]2O)cc1. The van der Waals surface area contributed by atoms with Crippen LogP contribution in [-0.2, 0) is 20.6 Å². The number of rotatable bonds is 8. The van der Waals surface area contributed by atoms with Gasteiger partial charge in [0.15, 0.2) is 6.29 Å². The van der Waals surface area contributed by atoms with Gasteiger partial charge in [0.05, 0.1) is 13.2 Å². The second-order valence-electron chi connectivity index (χ2n) is 7.69. The predicted octanol–water partition coefficient (Wildman–Crippen LogP) is -2.94. The Kier molecular flexibility index (Phi) is 8.74. The van der Waals surface area contributed by atoms with Gasteiger partial charge in [0, 0.05) is 6.54 Å². The minimum atomic E-state index is -1.63. The Morgan fingerprint density at radius 2 is 1.56 bits per heavy atom. The van der Waals surface area contributed by atoms with E-state index in [1.165, 1.54) is 0 Å². The van der Waals surface area contributed by atoms with E-state index in [0.29, 0.717) is 6.42 Å². The molecule has 2 saturated heterocycles. The molecule has 2 aliphatic rings. The number of hydrogen-bond donors (Lipinski definition) is 7. The zero-order valence-corrected chi connectivity index (χ0v) is 17.0. The molecule has 0 unspecified atom stereocenters. The van der Waals surface area contributed by atoms with Crippen molar-refractivity contribution in [2.75, 3.05) is 19.8 Å². The van der Waals surface area contributed by atoms with Gasteiger partial charge < -0.3 is 60.0 Å². The highest BCUT2D eigenvalue weighted by Crippen LogP contribution is 2.26. The topological polar surface area (TPSA) is 205 Å². The van der Waals surface area contributed by atoms with E-state index in [-0.39, 0.29) is 30.7 Å². The van der Waals surface area contributed by atoms with Crippen molar-refractivity contribution in [3.8, 4) is 5.75 Å². The van der Waals surface area contributed by atoms with E-state index in [0.717, 1.165) is 5.56 Å². The summed E-state index contributed by atoms with van der Waals surface area (Å²) in [6.07, 6.45) is -12.6. The molecule has 3 rings (SSSR count). The Bertz CT molecular complexity index is 706. The van der Waals surface area contributed by atoms with Crippen LogP contribution in [0.1, 0.15) is 5.56 Å². The molecule has 9 atom stereocenters. The molecule has 0 bridgehead atoms. The van der Waals surface area contributed by atoms with Crippen molar-refractivity contribution in [3.05, 3.63) is 35.0 Å². The molecule has 32 heavy (non-hydrogen) atoms. The average molecular weight is 462 g/mol. The molecule has 1 aromatic rings. The summed E-state index contributed by atoms with van der Waals surface area (Å²) in [7, 11) is 0. The van der Waals surface area contributed by atoms with E-state index in [9.17, 15) is 35.8 Å². The Labute approximate surface area is 183 Å². The molecule has 13 nitrogen and oxygen atoms in total.